The van der Waals surface area contributed by atoms with Crippen molar-refractivity contribution in [2.75, 3.05) is 6.54 Å². The Morgan fingerprint density at radius 3 is 2.90 bits per heavy atom. The van der Waals surface area contributed by atoms with Crippen molar-refractivity contribution in [3.05, 3.63) is 41.5 Å². The number of carbonyl (C=O) groups excluding carboxylic acids is 1. The number of benzene rings is 1. The number of hydrogen-bond donors (Lipinski definition) is 1. The second-order valence-electron chi connectivity index (χ2n) is 5.86. The van der Waals surface area contributed by atoms with Crippen molar-refractivity contribution in [3.8, 4) is 5.75 Å². The molecule has 1 fully saturated rings. The second-order valence-corrected chi connectivity index (χ2v) is 5.86. The van der Waals surface area contributed by atoms with E-state index in [1.807, 2.05) is 6.92 Å². The summed E-state index contributed by atoms with van der Waals surface area (Å²) < 4.78 is 6.18. The molecule has 2 aliphatic heterocycles. The molecule has 2 amide bonds. The van der Waals surface area contributed by atoms with Gasteiger partial charge in [-0.15, -0.1) is 6.58 Å². The molecule has 106 valence electrons. The highest BCUT2D eigenvalue weighted by Gasteiger charge is 2.48. The van der Waals surface area contributed by atoms with Crippen molar-refractivity contribution in [2.45, 2.75) is 39.0 Å². The van der Waals surface area contributed by atoms with Gasteiger partial charge in [-0.1, -0.05) is 12.1 Å². The molecular formula is C16H20N2O2. The number of rotatable bonds is 2. The Bertz CT molecular complexity index is 596. The maximum atomic E-state index is 12.3. The van der Waals surface area contributed by atoms with E-state index in [1.54, 1.807) is 11.0 Å². The molecule has 2 unspecified atom stereocenters. The van der Waals surface area contributed by atoms with Crippen LogP contribution in [-0.4, -0.2) is 23.2 Å². The molecule has 1 aromatic carbocycles. The number of carbonyl (C=O) groups is 1. The molecule has 0 aromatic heterocycles. The molecule has 1 aromatic rings. The largest absolute Gasteiger partial charge is 0.468 e. The zero-order valence-electron chi connectivity index (χ0n) is 12.2. The highest BCUT2D eigenvalue weighted by molar-refractivity contribution is 5.77. The van der Waals surface area contributed by atoms with Crippen molar-refractivity contribution in [2.24, 2.45) is 0 Å². The van der Waals surface area contributed by atoms with Crippen molar-refractivity contribution < 1.29 is 9.53 Å². The smallest absolute Gasteiger partial charge is 0.321 e. The molecule has 3 rings (SSSR count). The van der Waals surface area contributed by atoms with E-state index in [-0.39, 0.29) is 12.1 Å². The lowest BCUT2D eigenvalue weighted by Gasteiger charge is -2.50. The zero-order valence-corrected chi connectivity index (χ0v) is 12.2. The van der Waals surface area contributed by atoms with Crippen LogP contribution < -0.4 is 10.1 Å². The summed E-state index contributed by atoms with van der Waals surface area (Å²) >= 11 is 0. The van der Waals surface area contributed by atoms with Gasteiger partial charge in [-0.2, -0.15) is 0 Å². The van der Waals surface area contributed by atoms with Crippen molar-refractivity contribution in [1.29, 1.82) is 0 Å². The predicted molar refractivity (Wildman–Crippen MR) is 77.7 cm³/mol. The molecule has 2 bridgehead atoms. The van der Waals surface area contributed by atoms with Crippen LogP contribution in [0.15, 0.2) is 24.8 Å². The summed E-state index contributed by atoms with van der Waals surface area (Å²) in [7, 11) is 0. The Morgan fingerprint density at radius 2 is 2.20 bits per heavy atom. The molecule has 0 radical (unpaired) electrons. The predicted octanol–water partition coefficient (Wildman–Crippen LogP) is 3.05. The molecule has 0 spiro atoms. The van der Waals surface area contributed by atoms with Gasteiger partial charge in [0.2, 0.25) is 0 Å². The topological polar surface area (TPSA) is 41.6 Å². The molecule has 1 N–H and O–H groups in total. The van der Waals surface area contributed by atoms with Gasteiger partial charge in [-0.05, 0) is 38.0 Å². The van der Waals surface area contributed by atoms with Crippen molar-refractivity contribution in [3.63, 3.8) is 0 Å². The van der Waals surface area contributed by atoms with Gasteiger partial charge in [0.15, 0.2) is 5.72 Å². The number of fused-ring (bicyclic) bond motifs is 4. The molecule has 4 heteroatoms. The lowest BCUT2D eigenvalue weighted by Crippen LogP contribution is -2.64. The van der Waals surface area contributed by atoms with Gasteiger partial charge in [0.25, 0.3) is 0 Å². The summed E-state index contributed by atoms with van der Waals surface area (Å²) in [4.78, 5) is 14.0. The number of nitrogens with zero attached hydrogens (tertiary/aromatic N) is 1. The second kappa shape index (κ2) is 4.27. The maximum Gasteiger partial charge on any atom is 0.321 e. The Morgan fingerprint density at radius 1 is 1.50 bits per heavy atom. The third-order valence-electron chi connectivity index (χ3n) is 4.34. The van der Waals surface area contributed by atoms with Gasteiger partial charge in [0.05, 0.1) is 6.04 Å². The van der Waals surface area contributed by atoms with Crippen molar-refractivity contribution in [1.82, 2.24) is 10.2 Å². The monoisotopic (exact) mass is 272 g/mol. The fourth-order valence-corrected chi connectivity index (χ4v) is 3.08. The zero-order chi connectivity index (χ0) is 14.5. The Balaban J connectivity index is 2.07. The maximum absolute atomic E-state index is 12.3. The van der Waals surface area contributed by atoms with Gasteiger partial charge in [-0.3, -0.25) is 4.90 Å². The lowest BCUT2D eigenvalue weighted by molar-refractivity contribution is -0.0788. The van der Waals surface area contributed by atoms with E-state index in [9.17, 15) is 4.79 Å². The van der Waals surface area contributed by atoms with E-state index in [1.165, 1.54) is 11.1 Å². The van der Waals surface area contributed by atoms with Crippen LogP contribution in [0.2, 0.25) is 0 Å². The van der Waals surface area contributed by atoms with Crippen molar-refractivity contribution >= 4 is 6.03 Å². The first-order valence-electron chi connectivity index (χ1n) is 6.94. The number of aryl methyl sites for hydroxylation is 2. The first kappa shape index (κ1) is 13.0. The van der Waals surface area contributed by atoms with Gasteiger partial charge in [0, 0.05) is 18.5 Å². The Kier molecular flexibility index (Phi) is 2.78. The van der Waals surface area contributed by atoms with Crippen LogP contribution in [0.5, 0.6) is 5.75 Å². The molecule has 2 heterocycles. The molecule has 2 aliphatic rings. The van der Waals surface area contributed by atoms with Crippen LogP contribution in [-0.2, 0) is 0 Å². The minimum absolute atomic E-state index is 0.0246. The summed E-state index contributed by atoms with van der Waals surface area (Å²) in [6.07, 6.45) is 2.48. The van der Waals surface area contributed by atoms with E-state index in [2.05, 4.69) is 37.9 Å². The van der Waals surface area contributed by atoms with E-state index in [0.717, 1.165) is 17.7 Å². The van der Waals surface area contributed by atoms with Gasteiger partial charge in [-0.25, -0.2) is 4.79 Å². The van der Waals surface area contributed by atoms with E-state index < -0.39 is 5.72 Å². The Labute approximate surface area is 119 Å². The molecule has 1 saturated heterocycles. The molecule has 0 aliphatic carbocycles. The number of urea groups is 1. The van der Waals surface area contributed by atoms with Gasteiger partial charge in [0.1, 0.15) is 5.75 Å². The highest BCUT2D eigenvalue weighted by Crippen LogP contribution is 2.44. The summed E-state index contributed by atoms with van der Waals surface area (Å²) in [5, 5.41) is 3.07. The fraction of sp³-hybridized carbons (Fsp3) is 0.438. The van der Waals surface area contributed by atoms with E-state index >= 15 is 0 Å². The summed E-state index contributed by atoms with van der Waals surface area (Å²) in [6.45, 7) is 10.3. The van der Waals surface area contributed by atoms with Gasteiger partial charge >= 0.3 is 6.03 Å². The van der Waals surface area contributed by atoms with E-state index in [0.29, 0.717) is 6.54 Å². The lowest BCUT2D eigenvalue weighted by atomic mass is 9.88. The van der Waals surface area contributed by atoms with Gasteiger partial charge < -0.3 is 10.1 Å². The van der Waals surface area contributed by atoms with Crippen LogP contribution in [0.4, 0.5) is 4.79 Å². The Hall–Kier alpha value is -1.97. The molecule has 0 saturated carbocycles. The third-order valence-corrected chi connectivity index (χ3v) is 4.34. The van der Waals surface area contributed by atoms with Crippen LogP contribution in [0.25, 0.3) is 0 Å². The number of ether oxygens (including phenoxy) is 1. The summed E-state index contributed by atoms with van der Waals surface area (Å²) in [5.74, 6) is 0.876. The summed E-state index contributed by atoms with van der Waals surface area (Å²) in [5.41, 5.74) is 2.90. The standard InChI is InChI=1S/C16H20N2O2/c1-5-6-18-15(19)17-13-9-16(18,4)20-14-8-11(3)10(2)7-12(13)14/h5,7-8,13H,1,6,9H2,2-4H3,(H,17,19). The minimum atomic E-state index is -0.601. The molecule has 2 atom stereocenters. The third kappa shape index (κ3) is 1.79. The SMILES string of the molecule is C=CCN1C(=O)NC2CC1(C)Oc1cc(C)c(C)cc12. The molecular weight excluding hydrogens is 252 g/mol. The molecule has 20 heavy (non-hydrogen) atoms. The average molecular weight is 272 g/mol. The number of nitrogens with one attached hydrogen (secondary N) is 1. The summed E-state index contributed by atoms with van der Waals surface area (Å²) in [6, 6.07) is 4.13. The average Bonchev–Trinajstić information content (AvgIpc) is 2.37. The first-order chi connectivity index (χ1) is 9.44. The quantitative estimate of drug-likeness (QED) is 0.841. The first-order valence-corrected chi connectivity index (χ1v) is 6.94. The van der Waals surface area contributed by atoms with Crippen LogP contribution in [0, 0.1) is 13.8 Å². The van der Waals surface area contributed by atoms with Crippen LogP contribution in [0.1, 0.15) is 36.1 Å². The van der Waals surface area contributed by atoms with Crippen LogP contribution in [0.3, 0.4) is 0 Å². The number of amides is 2. The number of hydrogen-bond acceptors (Lipinski definition) is 2. The minimum Gasteiger partial charge on any atom is -0.468 e. The normalized spacial score (nSPS) is 27.4. The molecule has 4 nitrogen and oxygen atoms in total. The van der Waals surface area contributed by atoms with E-state index in [4.69, 9.17) is 4.74 Å². The highest BCUT2D eigenvalue weighted by atomic mass is 16.5. The fourth-order valence-electron chi connectivity index (χ4n) is 3.08. The van der Waals surface area contributed by atoms with Crippen LogP contribution >= 0.6 is 0 Å².